The molecule has 0 saturated carbocycles. The smallest absolute Gasteiger partial charge is 0.387 e. The summed E-state index contributed by atoms with van der Waals surface area (Å²) >= 11 is 0. The van der Waals surface area contributed by atoms with Crippen LogP contribution < -0.4 is 4.74 Å². The highest BCUT2D eigenvalue weighted by Gasteiger charge is 2.19. The number of hydrogen-bond acceptors (Lipinski definition) is 5. The summed E-state index contributed by atoms with van der Waals surface area (Å²) in [6.45, 7) is 2.60. The van der Waals surface area contributed by atoms with Crippen LogP contribution >= 0.6 is 0 Å². The lowest BCUT2D eigenvalue weighted by atomic mass is 10.1. The van der Waals surface area contributed by atoms with Gasteiger partial charge >= 0.3 is 6.61 Å². The summed E-state index contributed by atoms with van der Waals surface area (Å²) in [5.41, 5.74) is 2.90. The number of para-hydroxylation sites is 1. The Kier molecular flexibility index (Phi) is 5.31. The molecule has 2 heterocycles. The molecular weight excluding hydrogens is 352 g/mol. The molecule has 0 unspecified atom stereocenters. The third-order valence-corrected chi connectivity index (χ3v) is 4.85. The minimum atomic E-state index is -2.79. The largest absolute Gasteiger partial charge is 0.435 e. The van der Waals surface area contributed by atoms with Crippen molar-refractivity contribution in [1.29, 1.82) is 0 Å². The highest BCUT2D eigenvalue weighted by molar-refractivity contribution is 5.79. The number of fused-ring (bicyclic) bond motifs is 1. The predicted octanol–water partition coefficient (Wildman–Crippen LogP) is 3.75. The van der Waals surface area contributed by atoms with Gasteiger partial charge in [0.1, 0.15) is 11.4 Å². The lowest BCUT2D eigenvalue weighted by Gasteiger charge is -2.34. The van der Waals surface area contributed by atoms with E-state index in [1.54, 1.807) is 12.1 Å². The highest BCUT2D eigenvalue weighted by Crippen LogP contribution is 2.20. The summed E-state index contributed by atoms with van der Waals surface area (Å²) in [5.74, 6) is 0.193. The maximum atomic E-state index is 12.2. The number of alkyl halides is 2. The third kappa shape index (κ3) is 4.43. The molecule has 142 valence electrons. The van der Waals surface area contributed by atoms with Crippen molar-refractivity contribution in [2.45, 2.75) is 19.7 Å². The molecule has 0 spiro atoms. The van der Waals surface area contributed by atoms with Gasteiger partial charge in [0.05, 0.1) is 0 Å². The molecule has 7 heteroatoms. The molecule has 0 radical (unpaired) electrons. The van der Waals surface area contributed by atoms with E-state index in [-0.39, 0.29) is 5.75 Å². The van der Waals surface area contributed by atoms with Crippen molar-refractivity contribution >= 4 is 11.0 Å². The van der Waals surface area contributed by atoms with Crippen LogP contribution in [-0.2, 0) is 13.1 Å². The van der Waals surface area contributed by atoms with Gasteiger partial charge in [0.2, 0.25) is 0 Å². The van der Waals surface area contributed by atoms with E-state index in [4.69, 9.17) is 4.52 Å². The zero-order chi connectivity index (χ0) is 18.6. The number of halogens is 2. The fourth-order valence-electron chi connectivity index (χ4n) is 3.40. The van der Waals surface area contributed by atoms with E-state index < -0.39 is 6.61 Å². The molecule has 1 aliphatic rings. The van der Waals surface area contributed by atoms with Crippen molar-refractivity contribution in [2.75, 3.05) is 26.2 Å². The van der Waals surface area contributed by atoms with Gasteiger partial charge in [0.15, 0.2) is 5.58 Å². The van der Waals surface area contributed by atoms with Gasteiger partial charge in [-0.25, -0.2) is 0 Å². The molecule has 0 atom stereocenters. The molecule has 4 rings (SSSR count). The summed E-state index contributed by atoms with van der Waals surface area (Å²) in [5, 5.41) is 5.28. The van der Waals surface area contributed by atoms with Gasteiger partial charge in [0, 0.05) is 44.7 Å². The van der Waals surface area contributed by atoms with E-state index in [0.29, 0.717) is 0 Å². The van der Waals surface area contributed by atoms with Crippen molar-refractivity contribution in [3.63, 3.8) is 0 Å². The van der Waals surface area contributed by atoms with Gasteiger partial charge < -0.3 is 9.26 Å². The molecule has 0 amide bonds. The maximum Gasteiger partial charge on any atom is 0.387 e. The zero-order valence-corrected chi connectivity index (χ0v) is 14.9. The molecule has 1 aromatic heterocycles. The first-order valence-electron chi connectivity index (χ1n) is 8.99. The van der Waals surface area contributed by atoms with Crippen LogP contribution in [0.3, 0.4) is 0 Å². The van der Waals surface area contributed by atoms with Crippen LogP contribution in [0.25, 0.3) is 11.0 Å². The van der Waals surface area contributed by atoms with E-state index >= 15 is 0 Å². The van der Waals surface area contributed by atoms with Gasteiger partial charge in [-0.3, -0.25) is 9.80 Å². The summed E-state index contributed by atoms with van der Waals surface area (Å²) in [7, 11) is 0. The van der Waals surface area contributed by atoms with Gasteiger partial charge in [0.25, 0.3) is 0 Å². The van der Waals surface area contributed by atoms with Crippen LogP contribution in [0.5, 0.6) is 5.75 Å². The normalized spacial score (nSPS) is 16.3. The summed E-state index contributed by atoms with van der Waals surface area (Å²) in [6.07, 6.45) is 0. The van der Waals surface area contributed by atoms with Crippen molar-refractivity contribution in [2.24, 2.45) is 0 Å². The predicted molar refractivity (Wildman–Crippen MR) is 97.6 cm³/mol. The Morgan fingerprint density at radius 3 is 2.30 bits per heavy atom. The molecule has 1 aliphatic heterocycles. The van der Waals surface area contributed by atoms with Gasteiger partial charge in [-0.2, -0.15) is 8.78 Å². The van der Waals surface area contributed by atoms with Crippen LogP contribution in [0, 0.1) is 0 Å². The molecular formula is C20H21F2N3O2. The quantitative estimate of drug-likeness (QED) is 0.658. The van der Waals surface area contributed by atoms with Gasteiger partial charge in [-0.1, -0.05) is 29.4 Å². The minimum Gasteiger partial charge on any atom is -0.435 e. The highest BCUT2D eigenvalue weighted by atomic mass is 19.3. The molecule has 0 N–H and O–H groups in total. The first-order valence-corrected chi connectivity index (χ1v) is 8.99. The number of hydrogen-bond donors (Lipinski definition) is 0. The second kappa shape index (κ2) is 8.02. The zero-order valence-electron chi connectivity index (χ0n) is 14.9. The average molecular weight is 373 g/mol. The topological polar surface area (TPSA) is 41.7 Å². The molecule has 3 aromatic rings. The van der Waals surface area contributed by atoms with Crippen LogP contribution in [0.15, 0.2) is 53.1 Å². The van der Waals surface area contributed by atoms with E-state index in [1.807, 2.05) is 36.4 Å². The first kappa shape index (κ1) is 17.9. The molecule has 0 aliphatic carbocycles. The van der Waals surface area contributed by atoms with Gasteiger partial charge in [-0.15, -0.1) is 0 Å². The van der Waals surface area contributed by atoms with Crippen molar-refractivity contribution in [3.8, 4) is 5.75 Å². The van der Waals surface area contributed by atoms with E-state index in [1.165, 1.54) is 0 Å². The molecule has 27 heavy (non-hydrogen) atoms. The number of ether oxygens (including phenoxy) is 1. The SMILES string of the molecule is FC(F)Oc1ccc(CN2CCN(Cc3noc4ccccc34)CC2)cc1. The number of aromatic nitrogens is 1. The lowest BCUT2D eigenvalue weighted by Crippen LogP contribution is -2.45. The van der Waals surface area contributed by atoms with Crippen LogP contribution in [0.4, 0.5) is 8.78 Å². The summed E-state index contributed by atoms with van der Waals surface area (Å²) in [4.78, 5) is 4.74. The van der Waals surface area contributed by atoms with E-state index in [0.717, 1.165) is 61.5 Å². The van der Waals surface area contributed by atoms with Crippen molar-refractivity contribution < 1.29 is 18.0 Å². The number of nitrogens with zero attached hydrogens (tertiary/aromatic N) is 3. The Bertz CT molecular complexity index is 874. The summed E-state index contributed by atoms with van der Waals surface area (Å²) in [6, 6.07) is 14.8. The van der Waals surface area contributed by atoms with Crippen molar-refractivity contribution in [1.82, 2.24) is 15.0 Å². The Labute approximate surface area is 156 Å². The maximum absolute atomic E-state index is 12.2. The number of benzene rings is 2. The van der Waals surface area contributed by atoms with Crippen LogP contribution in [0.2, 0.25) is 0 Å². The first-order chi connectivity index (χ1) is 13.2. The fourth-order valence-corrected chi connectivity index (χ4v) is 3.40. The molecule has 0 bridgehead atoms. The molecule has 1 saturated heterocycles. The number of piperazine rings is 1. The fraction of sp³-hybridized carbons (Fsp3) is 0.350. The monoisotopic (exact) mass is 373 g/mol. The summed E-state index contributed by atoms with van der Waals surface area (Å²) < 4.78 is 34.2. The second-order valence-electron chi connectivity index (χ2n) is 6.70. The molecule has 5 nitrogen and oxygen atoms in total. The van der Waals surface area contributed by atoms with Gasteiger partial charge in [-0.05, 0) is 29.8 Å². The third-order valence-electron chi connectivity index (χ3n) is 4.85. The lowest BCUT2D eigenvalue weighted by molar-refractivity contribution is -0.0498. The van der Waals surface area contributed by atoms with Crippen molar-refractivity contribution in [3.05, 3.63) is 59.8 Å². The Balaban J connectivity index is 1.29. The van der Waals surface area contributed by atoms with E-state index in [2.05, 4.69) is 19.7 Å². The Hall–Kier alpha value is -2.51. The standard InChI is InChI=1S/C20H21F2N3O2/c21-20(22)26-16-7-5-15(6-8-16)13-24-9-11-25(12-10-24)14-18-17-3-1-2-4-19(17)27-23-18/h1-8,20H,9-14H2. The van der Waals surface area contributed by atoms with E-state index in [9.17, 15) is 8.78 Å². The van der Waals surface area contributed by atoms with Crippen LogP contribution in [0.1, 0.15) is 11.3 Å². The number of rotatable bonds is 6. The van der Waals surface area contributed by atoms with Crippen LogP contribution in [-0.4, -0.2) is 47.7 Å². The Morgan fingerprint density at radius 2 is 1.59 bits per heavy atom. The average Bonchev–Trinajstić information content (AvgIpc) is 3.08. The minimum absolute atomic E-state index is 0.193. The molecule has 1 fully saturated rings. The second-order valence-corrected chi connectivity index (χ2v) is 6.70. The molecule has 2 aromatic carbocycles. The Morgan fingerprint density at radius 1 is 0.926 bits per heavy atom.